The molecule has 24 heavy (non-hydrogen) atoms. The van der Waals surface area contributed by atoms with Gasteiger partial charge < -0.3 is 18.9 Å². The fraction of sp³-hybridized carbons (Fsp3) is 0.438. The number of aromatic nitrogens is 2. The number of aryl methyl sites for hydroxylation is 1. The zero-order valence-corrected chi connectivity index (χ0v) is 14.8. The minimum atomic E-state index is -2.22. The van der Waals surface area contributed by atoms with Gasteiger partial charge in [0, 0.05) is 62.4 Å². The second kappa shape index (κ2) is 7.33. The largest absolute Gasteiger partial charge is 0.760 e. The van der Waals surface area contributed by atoms with E-state index >= 15 is 0 Å². The van der Waals surface area contributed by atoms with E-state index in [1.165, 1.54) is 0 Å². The molecule has 1 unspecified atom stereocenters. The van der Waals surface area contributed by atoms with Crippen LogP contribution in [0.5, 0.6) is 0 Å². The van der Waals surface area contributed by atoms with Crippen molar-refractivity contribution in [2.45, 2.75) is 13.5 Å². The summed E-state index contributed by atoms with van der Waals surface area (Å²) in [5.74, 6) is 1.03. The van der Waals surface area contributed by atoms with Crippen LogP contribution in [-0.4, -0.2) is 44.5 Å². The standard InChI is InChI=1S/C16H23N5O2S/c1-13-11-17-16(19(13)2)21-9-7-20(8-10-21)15-5-3-14(4-6-15)12-18-24(22)23/h3-6,11,18H,7-10,12H2,1-2H3,(H,22,23)/p-1. The van der Waals surface area contributed by atoms with Gasteiger partial charge >= 0.3 is 0 Å². The van der Waals surface area contributed by atoms with Gasteiger partial charge in [0.2, 0.25) is 5.95 Å². The third kappa shape index (κ3) is 3.77. The summed E-state index contributed by atoms with van der Waals surface area (Å²) in [6, 6.07) is 8.02. The first-order valence-electron chi connectivity index (χ1n) is 7.94. The van der Waals surface area contributed by atoms with Crippen LogP contribution >= 0.6 is 0 Å². The number of benzene rings is 1. The molecule has 1 N–H and O–H groups in total. The lowest BCUT2D eigenvalue weighted by molar-refractivity contribution is 0.522. The molecule has 0 spiro atoms. The molecule has 1 aromatic carbocycles. The van der Waals surface area contributed by atoms with Gasteiger partial charge in [0.25, 0.3) is 0 Å². The lowest BCUT2D eigenvalue weighted by Gasteiger charge is -2.36. The zero-order valence-electron chi connectivity index (χ0n) is 13.9. The molecule has 1 aliphatic rings. The number of hydrogen-bond donors (Lipinski definition) is 1. The molecule has 7 nitrogen and oxygen atoms in total. The summed E-state index contributed by atoms with van der Waals surface area (Å²) >= 11 is -2.22. The quantitative estimate of drug-likeness (QED) is 0.814. The van der Waals surface area contributed by atoms with E-state index in [0.717, 1.165) is 49.1 Å². The molecule has 8 heteroatoms. The summed E-state index contributed by atoms with van der Waals surface area (Å²) in [5.41, 5.74) is 3.28. The summed E-state index contributed by atoms with van der Waals surface area (Å²) in [5, 5.41) is 0. The first-order chi connectivity index (χ1) is 11.5. The van der Waals surface area contributed by atoms with E-state index in [4.69, 9.17) is 0 Å². The highest BCUT2D eigenvalue weighted by Gasteiger charge is 2.20. The fourth-order valence-corrected chi connectivity index (χ4v) is 3.19. The minimum absolute atomic E-state index is 0.322. The van der Waals surface area contributed by atoms with Gasteiger partial charge in [-0.3, -0.25) is 4.21 Å². The Morgan fingerprint density at radius 3 is 2.33 bits per heavy atom. The van der Waals surface area contributed by atoms with Crippen molar-refractivity contribution in [3.8, 4) is 0 Å². The number of nitrogens with zero attached hydrogens (tertiary/aromatic N) is 4. The van der Waals surface area contributed by atoms with E-state index in [1.54, 1.807) is 0 Å². The molecule has 2 aromatic rings. The third-order valence-corrected chi connectivity index (χ3v) is 4.83. The summed E-state index contributed by atoms with van der Waals surface area (Å²) in [6.07, 6.45) is 1.91. The maximum atomic E-state index is 10.5. The van der Waals surface area contributed by atoms with E-state index in [0.29, 0.717) is 6.54 Å². The molecule has 130 valence electrons. The minimum Gasteiger partial charge on any atom is -0.760 e. The van der Waals surface area contributed by atoms with Crippen LogP contribution in [0.1, 0.15) is 11.3 Å². The van der Waals surface area contributed by atoms with E-state index < -0.39 is 11.3 Å². The van der Waals surface area contributed by atoms with E-state index in [9.17, 15) is 8.76 Å². The third-order valence-electron chi connectivity index (χ3n) is 4.45. The second-order valence-corrected chi connectivity index (χ2v) is 6.71. The molecule has 1 saturated heterocycles. The van der Waals surface area contributed by atoms with Crippen molar-refractivity contribution in [1.82, 2.24) is 14.3 Å². The molecule has 0 aliphatic carbocycles. The SMILES string of the molecule is Cc1cnc(N2CCN(c3ccc(CNS(=O)[O-])cc3)CC2)n1C. The van der Waals surface area contributed by atoms with Gasteiger partial charge in [0.1, 0.15) is 0 Å². The van der Waals surface area contributed by atoms with E-state index in [-0.39, 0.29) is 0 Å². The van der Waals surface area contributed by atoms with Crippen molar-refractivity contribution in [3.63, 3.8) is 0 Å². The average molecular weight is 348 g/mol. The number of imidazole rings is 1. The lowest BCUT2D eigenvalue weighted by Crippen LogP contribution is -2.47. The van der Waals surface area contributed by atoms with Gasteiger partial charge in [-0.05, 0) is 24.6 Å². The Morgan fingerprint density at radius 2 is 1.79 bits per heavy atom. The Bertz CT molecular complexity index is 708. The van der Waals surface area contributed by atoms with Crippen molar-refractivity contribution in [1.29, 1.82) is 0 Å². The molecule has 0 saturated carbocycles. The van der Waals surface area contributed by atoms with Crippen LogP contribution in [0.15, 0.2) is 30.5 Å². The van der Waals surface area contributed by atoms with Crippen LogP contribution in [0.4, 0.5) is 11.6 Å². The lowest BCUT2D eigenvalue weighted by atomic mass is 10.2. The number of nitrogens with one attached hydrogen (secondary N) is 1. The van der Waals surface area contributed by atoms with Crippen LogP contribution in [0.3, 0.4) is 0 Å². The average Bonchev–Trinajstić information content (AvgIpc) is 2.93. The molecule has 1 aliphatic heterocycles. The van der Waals surface area contributed by atoms with Gasteiger partial charge in [0.15, 0.2) is 0 Å². The monoisotopic (exact) mass is 348 g/mol. The fourth-order valence-electron chi connectivity index (χ4n) is 2.91. The maximum absolute atomic E-state index is 10.5. The van der Waals surface area contributed by atoms with Gasteiger partial charge in [-0.25, -0.2) is 9.71 Å². The topological polar surface area (TPSA) is 76.5 Å². The molecule has 1 aromatic heterocycles. The van der Waals surface area contributed by atoms with E-state index in [1.807, 2.05) is 37.5 Å². The summed E-state index contributed by atoms with van der Waals surface area (Å²) in [7, 11) is 2.05. The summed E-state index contributed by atoms with van der Waals surface area (Å²) in [4.78, 5) is 9.15. The summed E-state index contributed by atoms with van der Waals surface area (Å²) < 4.78 is 25.6. The first kappa shape index (κ1) is 16.9. The molecule has 0 amide bonds. The molecule has 1 fully saturated rings. The Labute approximate surface area is 144 Å². The van der Waals surface area contributed by atoms with Crippen LogP contribution < -0.4 is 14.5 Å². The molecule has 1 atom stereocenters. The van der Waals surface area contributed by atoms with Crippen molar-refractivity contribution >= 4 is 22.9 Å². The number of anilines is 2. The van der Waals surface area contributed by atoms with Gasteiger partial charge in [-0.15, -0.1) is 0 Å². The van der Waals surface area contributed by atoms with Gasteiger partial charge in [-0.2, -0.15) is 0 Å². The van der Waals surface area contributed by atoms with Crippen molar-refractivity contribution in [2.75, 3.05) is 36.0 Å². The summed E-state index contributed by atoms with van der Waals surface area (Å²) in [6.45, 7) is 6.13. The highest BCUT2D eigenvalue weighted by atomic mass is 32.2. The van der Waals surface area contributed by atoms with Gasteiger partial charge in [0.05, 0.1) is 6.20 Å². The highest BCUT2D eigenvalue weighted by molar-refractivity contribution is 7.77. The van der Waals surface area contributed by atoms with Crippen molar-refractivity contribution in [3.05, 3.63) is 41.7 Å². The predicted molar refractivity (Wildman–Crippen MR) is 94.6 cm³/mol. The van der Waals surface area contributed by atoms with Crippen LogP contribution in [0, 0.1) is 6.92 Å². The normalized spacial score (nSPS) is 16.5. The molecule has 3 rings (SSSR count). The first-order valence-corrected chi connectivity index (χ1v) is 9.02. The Morgan fingerprint density at radius 1 is 1.17 bits per heavy atom. The number of piperazine rings is 1. The van der Waals surface area contributed by atoms with Crippen LogP contribution in [-0.2, 0) is 24.9 Å². The van der Waals surface area contributed by atoms with Gasteiger partial charge in [-0.1, -0.05) is 12.1 Å². The predicted octanol–water partition coefficient (Wildman–Crippen LogP) is 0.939. The second-order valence-electron chi connectivity index (χ2n) is 5.95. The Hall–Kier alpha value is -1.90. The molecular weight excluding hydrogens is 326 g/mol. The zero-order chi connectivity index (χ0) is 17.1. The van der Waals surface area contributed by atoms with Crippen LogP contribution in [0.2, 0.25) is 0 Å². The smallest absolute Gasteiger partial charge is 0.205 e. The molecular formula is C16H22N5O2S-. The Balaban J connectivity index is 1.58. The molecule has 0 bridgehead atoms. The maximum Gasteiger partial charge on any atom is 0.205 e. The Kier molecular flexibility index (Phi) is 5.17. The number of rotatable bonds is 5. The van der Waals surface area contributed by atoms with Crippen molar-refractivity contribution in [2.24, 2.45) is 7.05 Å². The molecule has 2 heterocycles. The van der Waals surface area contributed by atoms with E-state index in [2.05, 4.69) is 31.0 Å². The van der Waals surface area contributed by atoms with Crippen molar-refractivity contribution < 1.29 is 8.76 Å². The highest BCUT2D eigenvalue weighted by Crippen LogP contribution is 2.20. The van der Waals surface area contributed by atoms with Crippen LogP contribution in [0.25, 0.3) is 0 Å². The molecule has 0 radical (unpaired) electrons. The number of hydrogen-bond acceptors (Lipinski definition) is 5.